The molecule has 0 aromatic heterocycles. The summed E-state index contributed by atoms with van der Waals surface area (Å²) in [7, 11) is 0. The van der Waals surface area contributed by atoms with Crippen LogP contribution < -0.4 is 10.6 Å². The minimum atomic E-state index is -0.0442. The highest BCUT2D eigenvalue weighted by Crippen LogP contribution is 2.22. The summed E-state index contributed by atoms with van der Waals surface area (Å²) in [6.45, 7) is 8.25. The van der Waals surface area contributed by atoms with Crippen molar-refractivity contribution < 1.29 is 9.53 Å². The SMILES string of the molecule is C=C(C)COCCNC(=O)c1ccc2c(c1)CCCN2. The zero-order valence-electron chi connectivity index (χ0n) is 12.0. The number of carbonyl (C=O) groups is 1. The molecule has 4 heteroatoms. The topological polar surface area (TPSA) is 50.4 Å². The maximum atomic E-state index is 12.0. The van der Waals surface area contributed by atoms with E-state index >= 15 is 0 Å². The lowest BCUT2D eigenvalue weighted by Gasteiger charge is -2.18. The van der Waals surface area contributed by atoms with Crippen LogP contribution in [0.2, 0.25) is 0 Å². The Morgan fingerprint density at radius 3 is 3.15 bits per heavy atom. The van der Waals surface area contributed by atoms with Crippen LogP contribution in [0.4, 0.5) is 5.69 Å². The molecule has 1 aliphatic heterocycles. The fraction of sp³-hybridized carbons (Fsp3) is 0.438. The summed E-state index contributed by atoms with van der Waals surface area (Å²) in [4.78, 5) is 12.0. The fourth-order valence-corrected chi connectivity index (χ4v) is 2.20. The summed E-state index contributed by atoms with van der Waals surface area (Å²) in [6, 6.07) is 5.83. The highest BCUT2D eigenvalue weighted by Gasteiger charge is 2.12. The molecule has 1 heterocycles. The van der Waals surface area contributed by atoms with E-state index in [-0.39, 0.29) is 5.91 Å². The van der Waals surface area contributed by atoms with Gasteiger partial charge in [0, 0.05) is 24.3 Å². The van der Waals surface area contributed by atoms with Crippen molar-refractivity contribution in [3.63, 3.8) is 0 Å². The van der Waals surface area contributed by atoms with Gasteiger partial charge in [-0.25, -0.2) is 0 Å². The fourth-order valence-electron chi connectivity index (χ4n) is 2.20. The third-order valence-electron chi connectivity index (χ3n) is 3.19. The normalized spacial score (nSPS) is 13.2. The number of amides is 1. The number of hydrogen-bond acceptors (Lipinski definition) is 3. The van der Waals surface area contributed by atoms with Crippen molar-refractivity contribution >= 4 is 11.6 Å². The van der Waals surface area contributed by atoms with Gasteiger partial charge < -0.3 is 15.4 Å². The predicted molar refractivity (Wildman–Crippen MR) is 81.2 cm³/mol. The van der Waals surface area contributed by atoms with E-state index in [0.717, 1.165) is 30.6 Å². The lowest BCUT2D eigenvalue weighted by molar-refractivity contribution is 0.0926. The zero-order chi connectivity index (χ0) is 14.4. The molecule has 108 valence electrons. The van der Waals surface area contributed by atoms with Gasteiger partial charge in [-0.1, -0.05) is 12.2 Å². The second-order valence-electron chi connectivity index (χ2n) is 5.17. The van der Waals surface area contributed by atoms with Crippen LogP contribution in [-0.2, 0) is 11.2 Å². The number of fused-ring (bicyclic) bond motifs is 1. The van der Waals surface area contributed by atoms with Crippen LogP contribution in [0.3, 0.4) is 0 Å². The van der Waals surface area contributed by atoms with Crippen molar-refractivity contribution in [2.75, 3.05) is 31.6 Å². The standard InChI is InChI=1S/C16H22N2O2/c1-12(2)11-20-9-8-18-16(19)14-5-6-15-13(10-14)4-3-7-17-15/h5-6,10,17H,1,3-4,7-9,11H2,2H3,(H,18,19). The molecule has 0 spiro atoms. The molecule has 20 heavy (non-hydrogen) atoms. The van der Waals surface area contributed by atoms with Crippen molar-refractivity contribution in [3.05, 3.63) is 41.5 Å². The number of anilines is 1. The molecular formula is C16H22N2O2. The molecule has 1 aliphatic rings. The van der Waals surface area contributed by atoms with E-state index in [9.17, 15) is 4.79 Å². The van der Waals surface area contributed by atoms with Gasteiger partial charge >= 0.3 is 0 Å². The number of carbonyl (C=O) groups excluding carboxylic acids is 1. The van der Waals surface area contributed by atoms with Gasteiger partial charge in [0.2, 0.25) is 0 Å². The molecule has 1 amide bonds. The van der Waals surface area contributed by atoms with Crippen molar-refractivity contribution in [1.82, 2.24) is 5.32 Å². The Kier molecular flexibility index (Phi) is 5.18. The van der Waals surface area contributed by atoms with Gasteiger partial charge in [0.05, 0.1) is 13.2 Å². The van der Waals surface area contributed by atoms with Crippen LogP contribution in [0.25, 0.3) is 0 Å². The highest BCUT2D eigenvalue weighted by atomic mass is 16.5. The van der Waals surface area contributed by atoms with Gasteiger partial charge in [-0.3, -0.25) is 4.79 Å². The number of ether oxygens (including phenoxy) is 1. The molecule has 2 N–H and O–H groups in total. The molecule has 1 aromatic rings. The van der Waals surface area contributed by atoms with Crippen LogP contribution in [0.1, 0.15) is 29.3 Å². The first-order valence-corrected chi connectivity index (χ1v) is 7.04. The maximum Gasteiger partial charge on any atom is 0.251 e. The van der Waals surface area contributed by atoms with Crippen LogP contribution >= 0.6 is 0 Å². The van der Waals surface area contributed by atoms with Crippen molar-refractivity contribution in [2.24, 2.45) is 0 Å². The van der Waals surface area contributed by atoms with E-state index in [2.05, 4.69) is 17.2 Å². The molecule has 0 atom stereocenters. The van der Waals surface area contributed by atoms with Crippen molar-refractivity contribution in [1.29, 1.82) is 0 Å². The lowest BCUT2D eigenvalue weighted by Crippen LogP contribution is -2.27. The summed E-state index contributed by atoms with van der Waals surface area (Å²) < 4.78 is 5.35. The van der Waals surface area contributed by atoms with Crippen LogP contribution in [-0.4, -0.2) is 32.2 Å². The number of benzene rings is 1. The Hall–Kier alpha value is -1.81. The van der Waals surface area contributed by atoms with Crippen LogP contribution in [0.5, 0.6) is 0 Å². The van der Waals surface area contributed by atoms with E-state index in [1.807, 2.05) is 25.1 Å². The quantitative estimate of drug-likeness (QED) is 0.618. The van der Waals surface area contributed by atoms with Gasteiger partial charge in [-0.05, 0) is 43.5 Å². The lowest BCUT2D eigenvalue weighted by atomic mass is 10.0. The Bertz CT molecular complexity index is 497. The maximum absolute atomic E-state index is 12.0. The third kappa shape index (κ3) is 4.10. The van der Waals surface area contributed by atoms with Crippen molar-refractivity contribution in [3.8, 4) is 0 Å². The van der Waals surface area contributed by atoms with E-state index in [0.29, 0.717) is 25.3 Å². The molecule has 1 aromatic carbocycles. The average Bonchev–Trinajstić information content (AvgIpc) is 2.46. The van der Waals surface area contributed by atoms with E-state index in [1.165, 1.54) is 5.56 Å². The largest absolute Gasteiger partial charge is 0.385 e. The number of rotatable bonds is 6. The van der Waals surface area contributed by atoms with E-state index < -0.39 is 0 Å². The van der Waals surface area contributed by atoms with Gasteiger partial charge in [-0.15, -0.1) is 0 Å². The van der Waals surface area contributed by atoms with Gasteiger partial charge in [0.25, 0.3) is 5.91 Å². The van der Waals surface area contributed by atoms with Gasteiger partial charge in [0.15, 0.2) is 0 Å². The minimum absolute atomic E-state index is 0.0442. The molecular weight excluding hydrogens is 252 g/mol. The summed E-state index contributed by atoms with van der Waals surface area (Å²) in [5, 5.41) is 6.20. The molecule has 0 saturated carbocycles. The minimum Gasteiger partial charge on any atom is -0.385 e. The number of aryl methyl sites for hydroxylation is 1. The molecule has 0 fully saturated rings. The van der Waals surface area contributed by atoms with Gasteiger partial charge in [-0.2, -0.15) is 0 Å². The molecule has 4 nitrogen and oxygen atoms in total. The zero-order valence-corrected chi connectivity index (χ0v) is 12.0. The molecule has 2 rings (SSSR count). The molecule has 0 bridgehead atoms. The third-order valence-corrected chi connectivity index (χ3v) is 3.19. The Morgan fingerprint density at radius 1 is 1.50 bits per heavy atom. The Labute approximate surface area is 120 Å². The predicted octanol–water partition coefficient (Wildman–Crippen LogP) is 2.37. The summed E-state index contributed by atoms with van der Waals surface area (Å²) >= 11 is 0. The number of nitrogens with one attached hydrogen (secondary N) is 2. The van der Waals surface area contributed by atoms with Crippen LogP contribution in [0.15, 0.2) is 30.4 Å². The summed E-state index contributed by atoms with van der Waals surface area (Å²) in [5.41, 5.74) is 4.07. The Morgan fingerprint density at radius 2 is 2.35 bits per heavy atom. The molecule has 0 unspecified atom stereocenters. The Balaban J connectivity index is 1.82. The first kappa shape index (κ1) is 14.6. The van der Waals surface area contributed by atoms with Gasteiger partial charge in [0.1, 0.15) is 0 Å². The average molecular weight is 274 g/mol. The highest BCUT2D eigenvalue weighted by molar-refractivity contribution is 5.94. The summed E-state index contributed by atoms with van der Waals surface area (Å²) in [5.74, 6) is -0.0442. The monoisotopic (exact) mass is 274 g/mol. The first-order chi connectivity index (χ1) is 9.66. The van der Waals surface area contributed by atoms with Crippen LogP contribution in [0, 0.1) is 0 Å². The van der Waals surface area contributed by atoms with E-state index in [1.54, 1.807) is 0 Å². The van der Waals surface area contributed by atoms with Crippen molar-refractivity contribution in [2.45, 2.75) is 19.8 Å². The number of hydrogen-bond donors (Lipinski definition) is 2. The first-order valence-electron chi connectivity index (χ1n) is 7.04. The second-order valence-corrected chi connectivity index (χ2v) is 5.17. The summed E-state index contributed by atoms with van der Waals surface area (Å²) in [6.07, 6.45) is 2.15. The smallest absolute Gasteiger partial charge is 0.251 e. The van der Waals surface area contributed by atoms with E-state index in [4.69, 9.17) is 4.74 Å². The molecule has 0 radical (unpaired) electrons. The molecule has 0 saturated heterocycles. The second kappa shape index (κ2) is 7.10. The molecule has 0 aliphatic carbocycles.